The van der Waals surface area contributed by atoms with Crippen molar-refractivity contribution in [3.8, 4) is 0 Å². The number of carbonyl (C=O) groups is 2. The first kappa shape index (κ1) is 16.3. The molecule has 0 spiro atoms. The van der Waals surface area contributed by atoms with Gasteiger partial charge in [0.05, 0.1) is 12.2 Å². The molecule has 0 aromatic carbocycles. The van der Waals surface area contributed by atoms with Crippen LogP contribution in [0.5, 0.6) is 0 Å². The van der Waals surface area contributed by atoms with Gasteiger partial charge in [-0.1, -0.05) is 6.92 Å². The minimum atomic E-state index is -0.774. The lowest BCUT2D eigenvalue weighted by Gasteiger charge is -2.44. The van der Waals surface area contributed by atoms with Gasteiger partial charge in [0.15, 0.2) is 0 Å². The minimum Gasteiger partial charge on any atom is -0.374 e. The Morgan fingerprint density at radius 1 is 1.33 bits per heavy atom. The Morgan fingerprint density at radius 3 is 2.43 bits per heavy atom. The second-order valence-corrected chi connectivity index (χ2v) is 7.42. The first-order chi connectivity index (χ1) is 9.68. The first-order valence-corrected chi connectivity index (χ1v) is 7.95. The molecule has 2 aliphatic rings. The van der Waals surface area contributed by atoms with Gasteiger partial charge in [0, 0.05) is 6.54 Å². The molecule has 2 fully saturated rings. The fourth-order valence-corrected chi connectivity index (χ4v) is 2.80. The fraction of sp³-hybridized carbons (Fsp3) is 0.875. The van der Waals surface area contributed by atoms with Crippen molar-refractivity contribution in [2.75, 3.05) is 13.2 Å². The van der Waals surface area contributed by atoms with Crippen LogP contribution in [0.1, 0.15) is 53.9 Å². The van der Waals surface area contributed by atoms with Gasteiger partial charge in [-0.3, -0.25) is 9.59 Å². The molecule has 0 radical (unpaired) electrons. The molecule has 21 heavy (non-hydrogen) atoms. The summed E-state index contributed by atoms with van der Waals surface area (Å²) >= 11 is 0. The number of piperazine rings is 1. The number of nitrogens with zero attached hydrogens (tertiary/aromatic N) is 1. The van der Waals surface area contributed by atoms with E-state index in [1.165, 1.54) is 0 Å². The van der Waals surface area contributed by atoms with Crippen LogP contribution in [0.4, 0.5) is 0 Å². The Hall–Kier alpha value is -1.10. The average molecular weight is 296 g/mol. The molecule has 1 aliphatic carbocycles. The molecule has 1 saturated heterocycles. The fourth-order valence-electron chi connectivity index (χ4n) is 2.80. The van der Waals surface area contributed by atoms with Crippen molar-refractivity contribution in [1.82, 2.24) is 10.2 Å². The highest BCUT2D eigenvalue weighted by atomic mass is 16.5. The van der Waals surface area contributed by atoms with Gasteiger partial charge in [-0.25, -0.2) is 0 Å². The number of hydrogen-bond donors (Lipinski definition) is 1. The molecule has 1 saturated carbocycles. The highest BCUT2D eigenvalue weighted by Crippen LogP contribution is 2.38. The van der Waals surface area contributed by atoms with Crippen molar-refractivity contribution in [1.29, 1.82) is 0 Å². The molecule has 0 aromatic rings. The third-order valence-corrected chi connectivity index (χ3v) is 4.38. The third-order valence-electron chi connectivity index (χ3n) is 4.38. The Labute approximate surface area is 127 Å². The molecule has 1 aliphatic heterocycles. The summed E-state index contributed by atoms with van der Waals surface area (Å²) in [5, 5.41) is 2.93. The van der Waals surface area contributed by atoms with E-state index in [2.05, 4.69) is 5.32 Å². The molecule has 5 heteroatoms. The smallest absolute Gasteiger partial charge is 0.248 e. The molecule has 120 valence electrons. The lowest BCUT2D eigenvalue weighted by Crippen LogP contribution is -2.70. The van der Waals surface area contributed by atoms with E-state index in [-0.39, 0.29) is 23.5 Å². The van der Waals surface area contributed by atoms with Crippen LogP contribution in [0.2, 0.25) is 0 Å². The van der Waals surface area contributed by atoms with Crippen LogP contribution in [0.3, 0.4) is 0 Å². The van der Waals surface area contributed by atoms with Crippen LogP contribution in [0, 0.1) is 5.92 Å². The normalized spacial score (nSPS) is 30.5. The molecule has 5 nitrogen and oxygen atoms in total. The van der Waals surface area contributed by atoms with Crippen LogP contribution < -0.4 is 5.32 Å². The van der Waals surface area contributed by atoms with E-state index in [9.17, 15) is 9.59 Å². The molecule has 1 heterocycles. The maximum Gasteiger partial charge on any atom is 0.248 e. The van der Waals surface area contributed by atoms with Crippen LogP contribution in [-0.2, 0) is 14.3 Å². The van der Waals surface area contributed by atoms with Gasteiger partial charge >= 0.3 is 0 Å². The summed E-state index contributed by atoms with van der Waals surface area (Å²) in [5.74, 6) is 0.348. The lowest BCUT2D eigenvalue weighted by molar-refractivity contribution is -0.157. The topological polar surface area (TPSA) is 58.6 Å². The SMILES string of the molecule is CCC1(C)NC(=O)C(C2CC2)N(CCOC(C)(C)C)C1=O. The summed E-state index contributed by atoms with van der Waals surface area (Å²) < 4.78 is 5.74. The van der Waals surface area contributed by atoms with Crippen molar-refractivity contribution in [3.05, 3.63) is 0 Å². The molecule has 1 N–H and O–H groups in total. The van der Waals surface area contributed by atoms with Gasteiger partial charge in [-0.05, 0) is 52.9 Å². The van der Waals surface area contributed by atoms with Crippen LogP contribution in [0.15, 0.2) is 0 Å². The van der Waals surface area contributed by atoms with E-state index in [0.29, 0.717) is 25.5 Å². The highest BCUT2D eigenvalue weighted by molar-refractivity contribution is 5.99. The third kappa shape index (κ3) is 3.57. The maximum atomic E-state index is 12.8. The second kappa shape index (κ2) is 5.59. The Bertz CT molecular complexity index is 426. The van der Waals surface area contributed by atoms with E-state index in [1.807, 2.05) is 34.6 Å². The standard InChI is InChI=1S/C16H28N2O3/c1-6-16(5)14(20)18(9-10-21-15(2,3)4)12(11-7-8-11)13(19)17-16/h11-12H,6-10H2,1-5H3,(H,17,19). The average Bonchev–Trinajstić information content (AvgIpc) is 3.18. The van der Waals surface area contributed by atoms with E-state index in [4.69, 9.17) is 4.74 Å². The minimum absolute atomic E-state index is 0.00258. The van der Waals surface area contributed by atoms with Crippen molar-refractivity contribution < 1.29 is 14.3 Å². The lowest BCUT2D eigenvalue weighted by atomic mass is 9.90. The van der Waals surface area contributed by atoms with Crippen molar-refractivity contribution in [2.24, 2.45) is 5.92 Å². The zero-order valence-corrected chi connectivity index (χ0v) is 13.9. The van der Waals surface area contributed by atoms with Crippen molar-refractivity contribution >= 4 is 11.8 Å². The Morgan fingerprint density at radius 2 is 1.95 bits per heavy atom. The Kier molecular flexibility index (Phi) is 4.34. The summed E-state index contributed by atoms with van der Waals surface area (Å²) in [6.45, 7) is 10.7. The summed E-state index contributed by atoms with van der Waals surface area (Å²) in [7, 11) is 0. The number of hydrogen-bond acceptors (Lipinski definition) is 3. The highest BCUT2D eigenvalue weighted by Gasteiger charge is 2.51. The second-order valence-electron chi connectivity index (χ2n) is 7.42. The van der Waals surface area contributed by atoms with Gasteiger partial charge in [0.2, 0.25) is 11.8 Å². The predicted molar refractivity (Wildman–Crippen MR) is 80.8 cm³/mol. The van der Waals surface area contributed by atoms with E-state index < -0.39 is 5.54 Å². The van der Waals surface area contributed by atoms with E-state index >= 15 is 0 Å². The van der Waals surface area contributed by atoms with Gasteiger partial charge in [-0.2, -0.15) is 0 Å². The number of ether oxygens (including phenoxy) is 1. The van der Waals surface area contributed by atoms with Gasteiger partial charge in [0.1, 0.15) is 11.6 Å². The summed E-state index contributed by atoms with van der Waals surface area (Å²) in [4.78, 5) is 27.0. The van der Waals surface area contributed by atoms with Crippen molar-refractivity contribution in [3.63, 3.8) is 0 Å². The number of rotatable bonds is 5. The molecule has 0 bridgehead atoms. The summed E-state index contributed by atoms with van der Waals surface area (Å²) in [6.07, 6.45) is 2.67. The Balaban J connectivity index is 2.11. The number of carbonyl (C=O) groups excluding carboxylic acids is 2. The molecule has 0 aromatic heterocycles. The van der Waals surface area contributed by atoms with Crippen LogP contribution in [0.25, 0.3) is 0 Å². The molecule has 2 unspecified atom stereocenters. The van der Waals surface area contributed by atoms with Crippen molar-refractivity contribution in [2.45, 2.75) is 71.1 Å². The summed E-state index contributed by atoms with van der Waals surface area (Å²) in [5.41, 5.74) is -1.01. The number of nitrogens with one attached hydrogen (secondary N) is 1. The van der Waals surface area contributed by atoms with Gasteiger partial charge < -0.3 is 15.0 Å². The number of amides is 2. The van der Waals surface area contributed by atoms with Crippen LogP contribution >= 0.6 is 0 Å². The molecule has 2 atom stereocenters. The van der Waals surface area contributed by atoms with Crippen LogP contribution in [-0.4, -0.2) is 47.0 Å². The molecule has 2 rings (SSSR count). The quantitative estimate of drug-likeness (QED) is 0.840. The van der Waals surface area contributed by atoms with Gasteiger partial charge in [0.25, 0.3) is 0 Å². The molecular weight excluding hydrogens is 268 g/mol. The molecular formula is C16H28N2O3. The monoisotopic (exact) mass is 296 g/mol. The predicted octanol–water partition coefficient (Wildman–Crippen LogP) is 1.71. The first-order valence-electron chi connectivity index (χ1n) is 7.95. The zero-order valence-electron chi connectivity index (χ0n) is 13.9. The zero-order chi connectivity index (χ0) is 15.8. The van der Waals surface area contributed by atoms with Gasteiger partial charge in [-0.15, -0.1) is 0 Å². The maximum absolute atomic E-state index is 12.8. The molecule has 2 amide bonds. The van der Waals surface area contributed by atoms with E-state index in [1.54, 1.807) is 4.90 Å². The summed E-state index contributed by atoms with van der Waals surface area (Å²) in [6, 6.07) is -0.305. The largest absolute Gasteiger partial charge is 0.374 e. The van der Waals surface area contributed by atoms with E-state index in [0.717, 1.165) is 12.8 Å².